The average molecular weight is 284 g/mol. The second-order valence-electron chi connectivity index (χ2n) is 5.92. The summed E-state index contributed by atoms with van der Waals surface area (Å²) in [6, 6.07) is 6.89. The lowest BCUT2D eigenvalue weighted by Crippen LogP contribution is -2.49. The van der Waals surface area contributed by atoms with Gasteiger partial charge in [-0.25, -0.2) is 0 Å². The maximum atomic E-state index is 12.0. The number of benzene rings is 1. The lowest BCUT2D eigenvalue weighted by Gasteiger charge is -2.24. The number of aliphatic hydroxyl groups excluding tert-OH is 1. The predicted molar refractivity (Wildman–Crippen MR) is 73.8 cm³/mol. The molecule has 0 spiro atoms. The molecule has 106 valence electrons. The van der Waals surface area contributed by atoms with Crippen molar-refractivity contribution in [1.82, 2.24) is 9.44 Å². The van der Waals surface area contributed by atoms with Crippen LogP contribution in [0.15, 0.2) is 24.3 Å². The van der Waals surface area contributed by atoms with Crippen LogP contribution in [0.4, 0.5) is 0 Å². The van der Waals surface area contributed by atoms with Crippen LogP contribution in [-0.2, 0) is 16.6 Å². The van der Waals surface area contributed by atoms with E-state index in [4.69, 9.17) is 0 Å². The second kappa shape index (κ2) is 4.86. The largest absolute Gasteiger partial charge is 0.391 e. The van der Waals surface area contributed by atoms with Gasteiger partial charge in [0.05, 0.1) is 12.1 Å². The Balaban J connectivity index is 2.20. The highest BCUT2D eigenvalue weighted by molar-refractivity contribution is 7.87. The SMILES string of the molecule is CC(C)(C)NS(=O)(=O)NC1c2ccccc2CC1O. The third kappa shape index (κ3) is 3.54. The van der Waals surface area contributed by atoms with E-state index in [2.05, 4.69) is 9.44 Å². The molecule has 1 aliphatic rings. The van der Waals surface area contributed by atoms with E-state index in [1.54, 1.807) is 20.8 Å². The first kappa shape index (κ1) is 14.5. The number of rotatable bonds is 3. The van der Waals surface area contributed by atoms with Crippen LogP contribution < -0.4 is 9.44 Å². The number of fused-ring (bicyclic) bond motifs is 1. The van der Waals surface area contributed by atoms with Crippen LogP contribution in [0.2, 0.25) is 0 Å². The van der Waals surface area contributed by atoms with Crippen LogP contribution in [0.25, 0.3) is 0 Å². The molecule has 6 heteroatoms. The Labute approximate surface area is 114 Å². The van der Waals surface area contributed by atoms with E-state index in [0.29, 0.717) is 6.42 Å². The molecule has 3 N–H and O–H groups in total. The van der Waals surface area contributed by atoms with Gasteiger partial charge in [-0.05, 0) is 31.9 Å². The van der Waals surface area contributed by atoms with E-state index >= 15 is 0 Å². The van der Waals surface area contributed by atoms with Gasteiger partial charge in [-0.1, -0.05) is 24.3 Å². The minimum absolute atomic E-state index is 0.471. The Morgan fingerprint density at radius 1 is 1.26 bits per heavy atom. The lowest BCUT2D eigenvalue weighted by atomic mass is 10.1. The lowest BCUT2D eigenvalue weighted by molar-refractivity contribution is 0.151. The van der Waals surface area contributed by atoms with Gasteiger partial charge in [-0.3, -0.25) is 0 Å². The predicted octanol–water partition coefficient (Wildman–Crippen LogP) is 0.867. The van der Waals surface area contributed by atoms with Gasteiger partial charge < -0.3 is 5.11 Å². The molecule has 0 saturated heterocycles. The highest BCUT2D eigenvalue weighted by Gasteiger charge is 2.34. The van der Waals surface area contributed by atoms with Crippen molar-refractivity contribution in [1.29, 1.82) is 0 Å². The molecule has 0 aromatic heterocycles. The average Bonchev–Trinajstić information content (AvgIpc) is 2.52. The molecule has 0 fully saturated rings. The zero-order chi connectivity index (χ0) is 14.3. The monoisotopic (exact) mass is 284 g/mol. The summed E-state index contributed by atoms with van der Waals surface area (Å²) in [7, 11) is -3.66. The first-order chi connectivity index (χ1) is 8.68. The smallest absolute Gasteiger partial charge is 0.278 e. The molecule has 0 saturated carbocycles. The van der Waals surface area contributed by atoms with Gasteiger partial charge in [0.1, 0.15) is 0 Å². The summed E-state index contributed by atoms with van der Waals surface area (Å²) in [6.07, 6.45) is -0.257. The molecular formula is C13H20N2O3S. The van der Waals surface area contributed by atoms with Crippen LogP contribution in [0.1, 0.15) is 37.9 Å². The van der Waals surface area contributed by atoms with Crippen LogP contribution in [-0.4, -0.2) is 25.2 Å². The molecule has 1 aromatic carbocycles. The van der Waals surface area contributed by atoms with Crippen molar-refractivity contribution in [2.24, 2.45) is 0 Å². The Kier molecular flexibility index (Phi) is 3.70. The number of aliphatic hydroxyl groups is 1. The molecule has 19 heavy (non-hydrogen) atoms. The van der Waals surface area contributed by atoms with Crippen LogP contribution in [0.5, 0.6) is 0 Å². The number of hydrogen-bond acceptors (Lipinski definition) is 3. The zero-order valence-corrected chi connectivity index (χ0v) is 12.2. The van der Waals surface area contributed by atoms with Crippen molar-refractivity contribution in [2.75, 3.05) is 0 Å². The van der Waals surface area contributed by atoms with E-state index in [1.807, 2.05) is 24.3 Å². The Morgan fingerprint density at radius 3 is 2.53 bits per heavy atom. The molecule has 2 atom stereocenters. The maximum Gasteiger partial charge on any atom is 0.278 e. The summed E-state index contributed by atoms with van der Waals surface area (Å²) in [5, 5.41) is 10.0. The molecule has 0 amide bonds. The highest BCUT2D eigenvalue weighted by Crippen LogP contribution is 2.31. The van der Waals surface area contributed by atoms with Gasteiger partial charge in [0.15, 0.2) is 0 Å². The molecule has 0 bridgehead atoms. The molecule has 5 nitrogen and oxygen atoms in total. The first-order valence-electron chi connectivity index (χ1n) is 6.25. The molecule has 2 rings (SSSR count). The zero-order valence-electron chi connectivity index (χ0n) is 11.3. The summed E-state index contributed by atoms with van der Waals surface area (Å²) in [4.78, 5) is 0. The third-order valence-electron chi connectivity index (χ3n) is 2.93. The van der Waals surface area contributed by atoms with Crippen molar-refractivity contribution in [3.63, 3.8) is 0 Å². The van der Waals surface area contributed by atoms with Crippen molar-refractivity contribution in [3.05, 3.63) is 35.4 Å². The van der Waals surface area contributed by atoms with E-state index in [-0.39, 0.29) is 0 Å². The quantitative estimate of drug-likeness (QED) is 0.770. The Hall–Kier alpha value is -0.950. The fraction of sp³-hybridized carbons (Fsp3) is 0.538. The van der Waals surface area contributed by atoms with Crippen molar-refractivity contribution >= 4 is 10.2 Å². The van der Waals surface area contributed by atoms with Gasteiger partial charge in [0, 0.05) is 12.0 Å². The summed E-state index contributed by atoms with van der Waals surface area (Å²) < 4.78 is 29.1. The Morgan fingerprint density at radius 2 is 1.89 bits per heavy atom. The minimum atomic E-state index is -3.66. The minimum Gasteiger partial charge on any atom is -0.391 e. The van der Waals surface area contributed by atoms with Gasteiger partial charge in [0.25, 0.3) is 10.2 Å². The summed E-state index contributed by atoms with van der Waals surface area (Å²) in [5.74, 6) is 0. The van der Waals surface area contributed by atoms with Crippen LogP contribution in [0, 0.1) is 0 Å². The van der Waals surface area contributed by atoms with Crippen molar-refractivity contribution in [3.8, 4) is 0 Å². The van der Waals surface area contributed by atoms with E-state index < -0.39 is 27.9 Å². The fourth-order valence-electron chi connectivity index (χ4n) is 2.32. The summed E-state index contributed by atoms with van der Waals surface area (Å²) in [5.41, 5.74) is 1.27. The molecule has 2 unspecified atom stereocenters. The van der Waals surface area contributed by atoms with Gasteiger partial charge >= 0.3 is 0 Å². The Bertz CT molecular complexity index is 563. The van der Waals surface area contributed by atoms with Crippen LogP contribution in [0.3, 0.4) is 0 Å². The van der Waals surface area contributed by atoms with Gasteiger partial charge in [-0.2, -0.15) is 17.9 Å². The normalized spacial score (nSPS) is 23.4. The molecule has 0 radical (unpaired) electrons. The molecule has 1 aromatic rings. The van der Waals surface area contributed by atoms with Crippen molar-refractivity contribution in [2.45, 2.75) is 44.9 Å². The third-order valence-corrected chi connectivity index (χ3v) is 4.37. The number of hydrogen-bond donors (Lipinski definition) is 3. The highest BCUT2D eigenvalue weighted by atomic mass is 32.2. The molecule has 0 aliphatic heterocycles. The number of nitrogens with one attached hydrogen (secondary N) is 2. The standard InChI is InChI=1S/C13H20N2O3S/c1-13(2,3)15-19(17,18)14-12-10-7-5-4-6-9(10)8-11(12)16/h4-7,11-12,14-16H,8H2,1-3H3. The van der Waals surface area contributed by atoms with Crippen LogP contribution >= 0.6 is 0 Å². The topological polar surface area (TPSA) is 78.4 Å². The van der Waals surface area contributed by atoms with Gasteiger partial charge in [-0.15, -0.1) is 0 Å². The van der Waals surface area contributed by atoms with Gasteiger partial charge in [0.2, 0.25) is 0 Å². The molecule has 0 heterocycles. The van der Waals surface area contributed by atoms with E-state index in [1.165, 1.54) is 0 Å². The second-order valence-corrected chi connectivity index (χ2v) is 7.37. The van der Waals surface area contributed by atoms with Crippen molar-refractivity contribution < 1.29 is 13.5 Å². The molecule has 1 aliphatic carbocycles. The van der Waals surface area contributed by atoms with E-state index in [9.17, 15) is 13.5 Å². The summed E-state index contributed by atoms with van der Waals surface area (Å²) in [6.45, 7) is 5.31. The maximum absolute atomic E-state index is 12.0. The molecular weight excluding hydrogens is 264 g/mol. The van der Waals surface area contributed by atoms with E-state index in [0.717, 1.165) is 11.1 Å². The fourth-order valence-corrected chi connectivity index (χ4v) is 3.80. The summed E-state index contributed by atoms with van der Waals surface area (Å²) >= 11 is 0. The first-order valence-corrected chi connectivity index (χ1v) is 7.73.